The lowest BCUT2D eigenvalue weighted by atomic mass is 9.98. The maximum absolute atomic E-state index is 13.7. The summed E-state index contributed by atoms with van der Waals surface area (Å²) in [6, 6.07) is 10.9. The van der Waals surface area contributed by atoms with Gasteiger partial charge in [-0.1, -0.05) is 24.3 Å². The number of benzene rings is 2. The van der Waals surface area contributed by atoms with Gasteiger partial charge >= 0.3 is 0 Å². The molecule has 0 aliphatic carbocycles. The number of hydrogen-bond donors (Lipinski definition) is 2. The fraction of sp³-hybridized carbons (Fsp3) is 0.368. The number of β-amino-alcohol motifs (C(OH)–C–C–N with tert-alkyl or cyclic N) is 1. The Labute approximate surface area is 166 Å². The van der Waals surface area contributed by atoms with Crippen LogP contribution in [0.25, 0.3) is 0 Å². The quantitative estimate of drug-likeness (QED) is 0.808. The largest absolute Gasteiger partial charge is 0.390 e. The van der Waals surface area contributed by atoms with Crippen molar-refractivity contribution >= 4 is 25.9 Å². The number of aliphatic hydroxyl groups is 1. The Balaban J connectivity index is 0.00000169. The smallest absolute Gasteiger partial charge is 0.126 e. The molecule has 2 aromatic carbocycles. The van der Waals surface area contributed by atoms with Gasteiger partial charge < -0.3 is 10.8 Å². The van der Waals surface area contributed by atoms with E-state index >= 15 is 0 Å². The molecule has 1 aliphatic rings. The molecule has 144 valence electrons. The number of nitrogens with two attached hydrogens (primary N) is 1. The molecule has 0 saturated heterocycles. The van der Waals surface area contributed by atoms with Crippen molar-refractivity contribution < 1.29 is 13.9 Å². The average molecular weight is 403 g/mol. The van der Waals surface area contributed by atoms with Gasteiger partial charge in [0.25, 0.3) is 0 Å². The van der Waals surface area contributed by atoms with E-state index in [-0.39, 0.29) is 37.9 Å². The molecule has 0 fully saturated rings. The highest BCUT2D eigenvalue weighted by atomic mass is 35.5. The van der Waals surface area contributed by atoms with E-state index in [0.717, 1.165) is 37.7 Å². The molecule has 0 spiro atoms. The van der Waals surface area contributed by atoms with Gasteiger partial charge in [0.1, 0.15) is 11.6 Å². The van der Waals surface area contributed by atoms with Gasteiger partial charge in [-0.3, -0.25) is 4.90 Å². The first-order valence-corrected chi connectivity index (χ1v) is 8.19. The molecule has 7 heteroatoms. The summed E-state index contributed by atoms with van der Waals surface area (Å²) >= 11 is 0. The van der Waals surface area contributed by atoms with Gasteiger partial charge in [-0.2, -0.15) is 13.5 Å². The Kier molecular flexibility index (Phi) is 9.00. The lowest BCUT2D eigenvalue weighted by molar-refractivity contribution is 0.0847. The van der Waals surface area contributed by atoms with Crippen LogP contribution >= 0.6 is 25.9 Å². The highest BCUT2D eigenvalue weighted by molar-refractivity contribution is 7.59. The van der Waals surface area contributed by atoms with Crippen LogP contribution in [0.3, 0.4) is 0 Å². The standard InChI is InChI=1S/C19H22F2N2O.ClH.H2S/c20-16-5-6-17(21)15(9-16)10-18(22)19(24)12-23-8-7-13-3-1-2-4-14(13)11-23;;/h1-6,9,18-19,24H,7-8,10-12,22H2;1H;1H2/t18-,19+;;/m1../s1. The maximum Gasteiger partial charge on any atom is 0.126 e. The molecule has 26 heavy (non-hydrogen) atoms. The number of nitrogens with zero attached hydrogens (tertiary/aromatic N) is 1. The topological polar surface area (TPSA) is 49.5 Å². The van der Waals surface area contributed by atoms with Crippen LogP contribution in [0.15, 0.2) is 42.5 Å². The molecule has 0 aromatic heterocycles. The molecule has 0 saturated carbocycles. The first-order chi connectivity index (χ1) is 11.5. The third kappa shape index (κ3) is 5.66. The van der Waals surface area contributed by atoms with Crippen molar-refractivity contribution in [1.29, 1.82) is 0 Å². The molecule has 2 atom stereocenters. The Morgan fingerprint density at radius 3 is 2.54 bits per heavy atom. The maximum atomic E-state index is 13.7. The second-order valence-electron chi connectivity index (χ2n) is 6.42. The molecular formula is C19H25ClF2N2OS. The lowest BCUT2D eigenvalue weighted by Gasteiger charge is -2.32. The van der Waals surface area contributed by atoms with Crippen molar-refractivity contribution in [2.24, 2.45) is 5.73 Å². The molecule has 3 N–H and O–H groups in total. The van der Waals surface area contributed by atoms with Crippen molar-refractivity contribution in [1.82, 2.24) is 4.90 Å². The van der Waals surface area contributed by atoms with Crippen LogP contribution in [-0.2, 0) is 19.4 Å². The predicted octanol–water partition coefficient (Wildman–Crippen LogP) is 2.79. The SMILES string of the molecule is Cl.N[C@H](Cc1cc(F)ccc1F)[C@@H](O)CN1CCc2ccccc2C1.S. The molecule has 3 rings (SSSR count). The third-order valence-electron chi connectivity index (χ3n) is 4.61. The normalized spacial score (nSPS) is 16.0. The second kappa shape index (κ2) is 10.2. The minimum Gasteiger partial charge on any atom is -0.390 e. The highest BCUT2D eigenvalue weighted by Gasteiger charge is 2.23. The minimum absolute atomic E-state index is 0. The van der Waals surface area contributed by atoms with Crippen LogP contribution in [0.1, 0.15) is 16.7 Å². The van der Waals surface area contributed by atoms with Crippen LogP contribution in [0.5, 0.6) is 0 Å². The molecule has 0 radical (unpaired) electrons. The summed E-state index contributed by atoms with van der Waals surface area (Å²) in [5.41, 5.74) is 8.82. The second-order valence-corrected chi connectivity index (χ2v) is 6.42. The fourth-order valence-corrected chi connectivity index (χ4v) is 3.20. The summed E-state index contributed by atoms with van der Waals surface area (Å²) in [6.45, 7) is 2.05. The number of aliphatic hydroxyl groups excluding tert-OH is 1. The minimum atomic E-state index is -0.794. The number of rotatable bonds is 5. The van der Waals surface area contributed by atoms with Crippen LogP contribution in [0, 0.1) is 11.6 Å². The zero-order chi connectivity index (χ0) is 17.1. The zero-order valence-corrected chi connectivity index (χ0v) is 16.2. The molecule has 2 aromatic rings. The molecule has 1 aliphatic heterocycles. The van der Waals surface area contributed by atoms with Crippen molar-refractivity contribution in [2.75, 3.05) is 13.1 Å². The molecule has 0 bridgehead atoms. The van der Waals surface area contributed by atoms with Crippen molar-refractivity contribution in [3.05, 3.63) is 70.8 Å². The predicted molar refractivity (Wildman–Crippen MR) is 107 cm³/mol. The van der Waals surface area contributed by atoms with Gasteiger partial charge in [-0.25, -0.2) is 8.78 Å². The van der Waals surface area contributed by atoms with E-state index in [2.05, 4.69) is 17.0 Å². The van der Waals surface area contributed by atoms with E-state index in [1.807, 2.05) is 12.1 Å². The summed E-state index contributed by atoms with van der Waals surface area (Å²) in [6.07, 6.45) is 0.254. The lowest BCUT2D eigenvalue weighted by Crippen LogP contribution is -2.46. The number of fused-ring (bicyclic) bond motifs is 1. The van der Waals surface area contributed by atoms with Gasteiger partial charge in [0, 0.05) is 25.7 Å². The average Bonchev–Trinajstić information content (AvgIpc) is 2.58. The van der Waals surface area contributed by atoms with Crippen molar-refractivity contribution in [3.63, 3.8) is 0 Å². The van der Waals surface area contributed by atoms with E-state index in [1.165, 1.54) is 11.1 Å². The van der Waals surface area contributed by atoms with Crippen molar-refractivity contribution in [3.8, 4) is 0 Å². The Morgan fingerprint density at radius 1 is 1.12 bits per heavy atom. The summed E-state index contributed by atoms with van der Waals surface area (Å²) in [5.74, 6) is -0.994. The van der Waals surface area contributed by atoms with E-state index in [0.29, 0.717) is 6.54 Å². The number of halogens is 3. The highest BCUT2D eigenvalue weighted by Crippen LogP contribution is 2.19. The molecular weight excluding hydrogens is 378 g/mol. The first-order valence-electron chi connectivity index (χ1n) is 8.19. The van der Waals surface area contributed by atoms with Gasteiger partial charge in [-0.15, -0.1) is 12.4 Å². The van der Waals surface area contributed by atoms with Crippen LogP contribution in [0.4, 0.5) is 8.78 Å². The van der Waals surface area contributed by atoms with E-state index in [9.17, 15) is 13.9 Å². The molecule has 1 heterocycles. The van der Waals surface area contributed by atoms with Gasteiger partial charge in [0.2, 0.25) is 0 Å². The van der Waals surface area contributed by atoms with Crippen molar-refractivity contribution in [2.45, 2.75) is 31.5 Å². The van der Waals surface area contributed by atoms with E-state index in [1.54, 1.807) is 0 Å². The monoisotopic (exact) mass is 402 g/mol. The number of hydrogen-bond acceptors (Lipinski definition) is 3. The Hall–Kier alpha value is -1.18. The summed E-state index contributed by atoms with van der Waals surface area (Å²) in [4.78, 5) is 2.15. The van der Waals surface area contributed by atoms with Crippen LogP contribution in [0.2, 0.25) is 0 Å². The third-order valence-corrected chi connectivity index (χ3v) is 4.61. The van der Waals surface area contributed by atoms with Crippen LogP contribution in [-0.4, -0.2) is 35.2 Å². The first kappa shape index (κ1) is 22.9. The van der Waals surface area contributed by atoms with Crippen LogP contribution < -0.4 is 5.73 Å². The van der Waals surface area contributed by atoms with Gasteiger partial charge in [0.05, 0.1) is 6.10 Å². The molecule has 3 nitrogen and oxygen atoms in total. The zero-order valence-electron chi connectivity index (χ0n) is 14.4. The fourth-order valence-electron chi connectivity index (χ4n) is 3.20. The Morgan fingerprint density at radius 2 is 1.81 bits per heavy atom. The molecule has 0 unspecified atom stereocenters. The summed E-state index contributed by atoms with van der Waals surface area (Å²) in [7, 11) is 0. The van der Waals surface area contributed by atoms with E-state index < -0.39 is 23.8 Å². The Bertz CT molecular complexity index is 720. The summed E-state index contributed by atoms with van der Waals surface area (Å²) in [5, 5.41) is 10.4. The van der Waals surface area contributed by atoms with E-state index in [4.69, 9.17) is 5.73 Å². The molecule has 0 amide bonds. The summed E-state index contributed by atoms with van der Waals surface area (Å²) < 4.78 is 26.9. The van der Waals surface area contributed by atoms with Gasteiger partial charge in [0.15, 0.2) is 0 Å². The van der Waals surface area contributed by atoms with Gasteiger partial charge in [-0.05, 0) is 47.7 Å².